The molecule has 1 aromatic rings. The van der Waals surface area contributed by atoms with E-state index in [1.807, 2.05) is 0 Å². The first-order valence-corrected chi connectivity index (χ1v) is 10.6. The second kappa shape index (κ2) is 9.77. The number of rotatable bonds is 8. The van der Waals surface area contributed by atoms with Crippen LogP contribution in [-0.4, -0.2) is 37.5 Å². The van der Waals surface area contributed by atoms with E-state index < -0.39 is 0 Å². The van der Waals surface area contributed by atoms with E-state index in [0.717, 1.165) is 31.9 Å². The molecule has 3 rings (SSSR count). The SMILES string of the molecule is CCNC(=NCC1(c2ccccc2)CC1)NCCC(=O)NC1CCCCC1. The molecule has 2 aliphatic carbocycles. The lowest BCUT2D eigenvalue weighted by Gasteiger charge is -2.22. The van der Waals surface area contributed by atoms with Gasteiger partial charge in [-0.3, -0.25) is 9.79 Å². The molecule has 5 nitrogen and oxygen atoms in total. The normalized spacial score (nSPS) is 19.4. The van der Waals surface area contributed by atoms with Crippen LogP contribution in [0.3, 0.4) is 0 Å². The fourth-order valence-corrected chi connectivity index (χ4v) is 3.89. The van der Waals surface area contributed by atoms with Gasteiger partial charge in [-0.25, -0.2) is 0 Å². The molecular formula is C22H34N4O. The molecule has 1 aromatic carbocycles. The molecule has 27 heavy (non-hydrogen) atoms. The predicted octanol–water partition coefficient (Wildman–Crippen LogP) is 3.11. The van der Waals surface area contributed by atoms with Crippen LogP contribution in [0.1, 0.15) is 63.9 Å². The molecule has 0 aromatic heterocycles. The van der Waals surface area contributed by atoms with Gasteiger partial charge in [-0.05, 0) is 38.2 Å². The third kappa shape index (κ3) is 5.98. The van der Waals surface area contributed by atoms with Crippen molar-refractivity contribution in [1.82, 2.24) is 16.0 Å². The van der Waals surface area contributed by atoms with Gasteiger partial charge in [-0.1, -0.05) is 49.6 Å². The summed E-state index contributed by atoms with van der Waals surface area (Å²) >= 11 is 0. The number of carbonyl (C=O) groups excluding carboxylic acids is 1. The highest BCUT2D eigenvalue weighted by molar-refractivity contribution is 5.81. The van der Waals surface area contributed by atoms with Crippen LogP contribution in [0.5, 0.6) is 0 Å². The van der Waals surface area contributed by atoms with Gasteiger partial charge in [0.25, 0.3) is 0 Å². The van der Waals surface area contributed by atoms with Crippen molar-refractivity contribution in [2.75, 3.05) is 19.6 Å². The number of hydrogen-bond acceptors (Lipinski definition) is 2. The first-order valence-electron chi connectivity index (χ1n) is 10.6. The maximum absolute atomic E-state index is 12.2. The lowest BCUT2D eigenvalue weighted by molar-refractivity contribution is -0.121. The topological polar surface area (TPSA) is 65.5 Å². The van der Waals surface area contributed by atoms with Gasteiger partial charge < -0.3 is 16.0 Å². The maximum atomic E-state index is 12.2. The lowest BCUT2D eigenvalue weighted by Crippen LogP contribution is -2.41. The van der Waals surface area contributed by atoms with Gasteiger partial charge in [0.1, 0.15) is 0 Å². The number of nitrogens with zero attached hydrogens (tertiary/aromatic N) is 1. The Morgan fingerprint density at radius 3 is 2.52 bits per heavy atom. The minimum atomic E-state index is 0.146. The van der Waals surface area contributed by atoms with Crippen LogP contribution in [0.2, 0.25) is 0 Å². The molecule has 0 heterocycles. The molecule has 0 atom stereocenters. The fraction of sp³-hybridized carbons (Fsp3) is 0.636. The summed E-state index contributed by atoms with van der Waals surface area (Å²) in [4.78, 5) is 17.0. The summed E-state index contributed by atoms with van der Waals surface area (Å²) in [6.07, 6.45) is 8.93. The second-order valence-corrected chi connectivity index (χ2v) is 7.92. The Bertz CT molecular complexity index is 618. The maximum Gasteiger partial charge on any atom is 0.221 e. The van der Waals surface area contributed by atoms with Crippen LogP contribution in [0.25, 0.3) is 0 Å². The molecule has 0 saturated heterocycles. The lowest BCUT2D eigenvalue weighted by atomic mass is 9.95. The number of hydrogen-bond donors (Lipinski definition) is 3. The zero-order valence-corrected chi connectivity index (χ0v) is 16.6. The number of benzene rings is 1. The number of nitrogens with one attached hydrogen (secondary N) is 3. The molecule has 5 heteroatoms. The largest absolute Gasteiger partial charge is 0.357 e. The van der Waals surface area contributed by atoms with Crippen molar-refractivity contribution in [3.8, 4) is 0 Å². The van der Waals surface area contributed by atoms with E-state index in [0.29, 0.717) is 19.0 Å². The van der Waals surface area contributed by atoms with Crippen molar-refractivity contribution >= 4 is 11.9 Å². The summed E-state index contributed by atoms with van der Waals surface area (Å²) in [6, 6.07) is 11.1. The van der Waals surface area contributed by atoms with Gasteiger partial charge in [0.05, 0.1) is 6.54 Å². The molecule has 0 aliphatic heterocycles. The monoisotopic (exact) mass is 370 g/mol. The molecular weight excluding hydrogens is 336 g/mol. The summed E-state index contributed by atoms with van der Waals surface area (Å²) in [7, 11) is 0. The van der Waals surface area contributed by atoms with Crippen molar-refractivity contribution in [1.29, 1.82) is 0 Å². The van der Waals surface area contributed by atoms with Crippen molar-refractivity contribution < 1.29 is 4.79 Å². The number of aliphatic imine (C=N–C) groups is 1. The van der Waals surface area contributed by atoms with Crippen LogP contribution in [0.15, 0.2) is 35.3 Å². The fourth-order valence-electron chi connectivity index (χ4n) is 3.89. The highest BCUT2D eigenvalue weighted by atomic mass is 16.1. The number of carbonyl (C=O) groups is 1. The van der Waals surface area contributed by atoms with E-state index in [-0.39, 0.29) is 11.3 Å². The Morgan fingerprint density at radius 1 is 1.11 bits per heavy atom. The van der Waals surface area contributed by atoms with Crippen LogP contribution in [0, 0.1) is 0 Å². The molecule has 148 valence electrons. The quantitative estimate of drug-likeness (QED) is 0.487. The number of amides is 1. The highest BCUT2D eigenvalue weighted by Gasteiger charge is 2.43. The first kappa shape index (κ1) is 19.7. The minimum absolute atomic E-state index is 0.146. The summed E-state index contributed by atoms with van der Waals surface area (Å²) in [5.41, 5.74) is 1.60. The average molecular weight is 371 g/mol. The van der Waals surface area contributed by atoms with Gasteiger partial charge >= 0.3 is 0 Å². The molecule has 2 aliphatic rings. The molecule has 3 N–H and O–H groups in total. The highest BCUT2D eigenvalue weighted by Crippen LogP contribution is 2.48. The van der Waals surface area contributed by atoms with Gasteiger partial charge in [0.2, 0.25) is 5.91 Å². The summed E-state index contributed by atoms with van der Waals surface area (Å²) in [6.45, 7) is 4.29. The van der Waals surface area contributed by atoms with E-state index in [1.54, 1.807) is 0 Å². The molecule has 1 amide bonds. The summed E-state index contributed by atoms with van der Waals surface area (Å²) in [5.74, 6) is 0.957. The molecule has 0 bridgehead atoms. The summed E-state index contributed by atoms with van der Waals surface area (Å²) < 4.78 is 0. The molecule has 0 unspecified atom stereocenters. The van der Waals surface area contributed by atoms with Crippen molar-refractivity contribution in [2.24, 2.45) is 4.99 Å². The van der Waals surface area contributed by atoms with E-state index in [4.69, 9.17) is 4.99 Å². The van der Waals surface area contributed by atoms with E-state index in [9.17, 15) is 4.79 Å². The standard InChI is InChI=1S/C22H34N4O/c1-2-23-21(24-16-13-20(27)26-19-11-7-4-8-12-19)25-17-22(14-15-22)18-9-5-3-6-10-18/h3,5-6,9-10,19H,2,4,7-8,11-17H2,1H3,(H,26,27)(H2,23,24,25). The molecule has 2 fully saturated rings. The third-order valence-electron chi connectivity index (χ3n) is 5.74. The Labute approximate surface area is 163 Å². The van der Waals surface area contributed by atoms with Gasteiger partial charge in [-0.2, -0.15) is 0 Å². The van der Waals surface area contributed by atoms with E-state index in [1.165, 1.54) is 37.7 Å². The van der Waals surface area contributed by atoms with Crippen molar-refractivity contribution in [2.45, 2.75) is 69.7 Å². The Hall–Kier alpha value is -2.04. The predicted molar refractivity (Wildman–Crippen MR) is 111 cm³/mol. The molecule has 0 radical (unpaired) electrons. The van der Waals surface area contributed by atoms with Gasteiger partial charge in [0.15, 0.2) is 5.96 Å². The Kier molecular flexibility index (Phi) is 7.13. The van der Waals surface area contributed by atoms with E-state index in [2.05, 4.69) is 53.2 Å². The third-order valence-corrected chi connectivity index (χ3v) is 5.74. The smallest absolute Gasteiger partial charge is 0.221 e. The Balaban J connectivity index is 1.44. The Morgan fingerprint density at radius 2 is 1.85 bits per heavy atom. The van der Waals surface area contributed by atoms with Crippen LogP contribution in [0.4, 0.5) is 0 Å². The summed E-state index contributed by atoms with van der Waals surface area (Å²) in [5, 5.41) is 9.79. The molecule has 0 spiro atoms. The zero-order chi connectivity index (χ0) is 19.0. The van der Waals surface area contributed by atoms with Gasteiger partial charge in [-0.15, -0.1) is 0 Å². The first-order chi connectivity index (χ1) is 13.2. The van der Waals surface area contributed by atoms with Crippen LogP contribution < -0.4 is 16.0 Å². The van der Waals surface area contributed by atoms with E-state index >= 15 is 0 Å². The average Bonchev–Trinajstić information content (AvgIpc) is 3.49. The zero-order valence-electron chi connectivity index (χ0n) is 16.6. The van der Waals surface area contributed by atoms with Crippen molar-refractivity contribution in [3.63, 3.8) is 0 Å². The second-order valence-electron chi connectivity index (χ2n) is 7.92. The van der Waals surface area contributed by atoms with Crippen molar-refractivity contribution in [3.05, 3.63) is 35.9 Å². The number of guanidine groups is 1. The van der Waals surface area contributed by atoms with Gasteiger partial charge in [0, 0.05) is 31.0 Å². The van der Waals surface area contributed by atoms with Crippen LogP contribution >= 0.6 is 0 Å². The van der Waals surface area contributed by atoms with Crippen LogP contribution in [-0.2, 0) is 10.2 Å². The molecule has 2 saturated carbocycles. The minimum Gasteiger partial charge on any atom is -0.357 e.